The Bertz CT molecular complexity index is 189. The molecule has 1 aliphatic heterocycles. The van der Waals surface area contributed by atoms with E-state index in [1.165, 1.54) is 12.4 Å². The summed E-state index contributed by atoms with van der Waals surface area (Å²) in [5.74, 6) is 0. The van der Waals surface area contributed by atoms with Crippen molar-refractivity contribution < 1.29 is 5.03 Å². The summed E-state index contributed by atoms with van der Waals surface area (Å²) in [6, 6.07) is 0. The van der Waals surface area contributed by atoms with E-state index in [4.69, 9.17) is 0 Å². The Kier molecular flexibility index (Phi) is 1.57. The SMILES string of the molecule is C=CN1C=CN([N+](=O)[O-])C1. The van der Waals surface area contributed by atoms with Crippen LogP contribution < -0.4 is 0 Å². The predicted octanol–water partition coefficient (Wildman–Crippen LogP) is 0.368. The van der Waals surface area contributed by atoms with Crippen LogP contribution in [0.25, 0.3) is 0 Å². The standard InChI is InChI=1S/C5H7N3O2/c1-2-6-3-4-7(5-6)8(9)10/h2-4H,1,5H2. The lowest BCUT2D eigenvalue weighted by atomic mass is 10.8. The van der Waals surface area contributed by atoms with Crippen molar-refractivity contribution in [1.82, 2.24) is 9.91 Å². The number of nitro groups is 1. The molecule has 5 heteroatoms. The number of hydrogen-bond acceptors (Lipinski definition) is 3. The minimum absolute atomic E-state index is 0.247. The van der Waals surface area contributed by atoms with Crippen LogP contribution in [0.5, 0.6) is 0 Å². The molecule has 0 aromatic heterocycles. The van der Waals surface area contributed by atoms with E-state index in [1.807, 2.05) is 0 Å². The van der Waals surface area contributed by atoms with Gasteiger partial charge in [-0.05, 0) is 6.20 Å². The van der Waals surface area contributed by atoms with Gasteiger partial charge in [0.25, 0.3) is 0 Å². The Hall–Kier alpha value is -1.52. The van der Waals surface area contributed by atoms with E-state index < -0.39 is 5.03 Å². The van der Waals surface area contributed by atoms with E-state index in [2.05, 4.69) is 6.58 Å². The molecule has 5 nitrogen and oxygen atoms in total. The van der Waals surface area contributed by atoms with Gasteiger partial charge in [0.2, 0.25) is 0 Å². The first-order valence-electron chi connectivity index (χ1n) is 2.71. The van der Waals surface area contributed by atoms with Crippen molar-refractivity contribution in [2.45, 2.75) is 0 Å². The van der Waals surface area contributed by atoms with Crippen LogP contribution in [-0.4, -0.2) is 21.6 Å². The molecule has 1 aliphatic rings. The zero-order valence-electron chi connectivity index (χ0n) is 5.30. The highest BCUT2D eigenvalue weighted by molar-refractivity contribution is 4.91. The van der Waals surface area contributed by atoms with Crippen molar-refractivity contribution in [2.24, 2.45) is 0 Å². The molecule has 54 valence electrons. The second-order valence-corrected chi connectivity index (χ2v) is 1.81. The maximum atomic E-state index is 10.1. The molecule has 1 heterocycles. The third kappa shape index (κ3) is 1.07. The predicted molar refractivity (Wildman–Crippen MR) is 34.9 cm³/mol. The second-order valence-electron chi connectivity index (χ2n) is 1.81. The summed E-state index contributed by atoms with van der Waals surface area (Å²) in [7, 11) is 0. The molecule has 1 rings (SSSR count). The average Bonchev–Trinajstić information content (AvgIpc) is 2.34. The number of hydrogen-bond donors (Lipinski definition) is 0. The summed E-state index contributed by atoms with van der Waals surface area (Å²) in [4.78, 5) is 11.7. The monoisotopic (exact) mass is 141 g/mol. The van der Waals surface area contributed by atoms with Gasteiger partial charge in [-0.1, -0.05) is 11.6 Å². The Morgan fingerprint density at radius 3 is 2.70 bits per heavy atom. The summed E-state index contributed by atoms with van der Waals surface area (Å²) >= 11 is 0. The average molecular weight is 141 g/mol. The Balaban J connectivity index is 2.52. The van der Waals surface area contributed by atoms with E-state index in [0.717, 1.165) is 5.01 Å². The zero-order valence-corrected chi connectivity index (χ0v) is 5.30. The normalized spacial score (nSPS) is 16.0. The topological polar surface area (TPSA) is 49.6 Å². The zero-order chi connectivity index (χ0) is 7.56. The fourth-order valence-corrected chi connectivity index (χ4v) is 0.649. The summed E-state index contributed by atoms with van der Waals surface area (Å²) in [5, 5.41) is 10.6. The molecule has 0 unspecified atom stereocenters. The van der Waals surface area contributed by atoms with Gasteiger partial charge in [-0.25, -0.2) is 10.1 Å². The maximum Gasteiger partial charge on any atom is 0.166 e. The van der Waals surface area contributed by atoms with E-state index in [0.29, 0.717) is 0 Å². The molecule has 0 amide bonds. The molecule has 10 heavy (non-hydrogen) atoms. The molecular weight excluding hydrogens is 134 g/mol. The molecule has 0 radical (unpaired) electrons. The molecule has 0 N–H and O–H groups in total. The first-order valence-corrected chi connectivity index (χ1v) is 2.71. The maximum absolute atomic E-state index is 10.1. The van der Waals surface area contributed by atoms with Crippen LogP contribution in [0.2, 0.25) is 0 Å². The van der Waals surface area contributed by atoms with Crippen molar-refractivity contribution in [3.63, 3.8) is 0 Å². The van der Waals surface area contributed by atoms with E-state index in [9.17, 15) is 10.1 Å². The van der Waals surface area contributed by atoms with Crippen LogP contribution in [0.3, 0.4) is 0 Å². The molecule has 0 spiro atoms. The summed E-state index contributed by atoms with van der Waals surface area (Å²) in [6.07, 6.45) is 4.51. The van der Waals surface area contributed by atoms with Crippen molar-refractivity contribution in [1.29, 1.82) is 0 Å². The third-order valence-corrected chi connectivity index (χ3v) is 1.18. The minimum atomic E-state index is -0.472. The lowest BCUT2D eigenvalue weighted by Gasteiger charge is -2.08. The number of hydrazine groups is 1. The van der Waals surface area contributed by atoms with E-state index in [-0.39, 0.29) is 6.67 Å². The Morgan fingerprint density at radius 1 is 1.70 bits per heavy atom. The Labute approximate surface area is 58.0 Å². The lowest BCUT2D eigenvalue weighted by molar-refractivity contribution is -0.640. The van der Waals surface area contributed by atoms with Gasteiger partial charge in [0.15, 0.2) is 11.7 Å². The van der Waals surface area contributed by atoms with Crippen molar-refractivity contribution in [3.8, 4) is 0 Å². The fraction of sp³-hybridized carbons (Fsp3) is 0.200. The highest BCUT2D eigenvalue weighted by Gasteiger charge is 2.17. The van der Waals surface area contributed by atoms with Crippen LogP contribution in [-0.2, 0) is 0 Å². The Morgan fingerprint density at radius 2 is 2.40 bits per heavy atom. The highest BCUT2D eigenvalue weighted by atomic mass is 16.7. The van der Waals surface area contributed by atoms with Crippen LogP contribution in [0.4, 0.5) is 0 Å². The number of rotatable bonds is 2. The van der Waals surface area contributed by atoms with Gasteiger partial charge < -0.3 is 4.90 Å². The minimum Gasteiger partial charge on any atom is -0.330 e. The molecule has 0 saturated heterocycles. The molecule has 0 fully saturated rings. The molecule has 0 atom stereocenters. The van der Waals surface area contributed by atoms with E-state index >= 15 is 0 Å². The fourth-order valence-electron chi connectivity index (χ4n) is 0.649. The molecule has 0 aromatic carbocycles. The van der Waals surface area contributed by atoms with Gasteiger partial charge in [-0.15, -0.1) is 0 Å². The van der Waals surface area contributed by atoms with Gasteiger partial charge in [-0.3, -0.25) is 0 Å². The molecule has 0 bridgehead atoms. The van der Waals surface area contributed by atoms with Gasteiger partial charge in [0.1, 0.15) is 0 Å². The van der Waals surface area contributed by atoms with Crippen LogP contribution in [0.15, 0.2) is 25.2 Å². The van der Waals surface area contributed by atoms with Gasteiger partial charge >= 0.3 is 0 Å². The highest BCUT2D eigenvalue weighted by Crippen LogP contribution is 2.04. The van der Waals surface area contributed by atoms with Crippen molar-refractivity contribution in [3.05, 3.63) is 35.3 Å². The van der Waals surface area contributed by atoms with Gasteiger partial charge in [-0.2, -0.15) is 0 Å². The number of nitrogens with zero attached hydrogens (tertiary/aromatic N) is 3. The molecule has 0 saturated carbocycles. The smallest absolute Gasteiger partial charge is 0.166 e. The van der Waals surface area contributed by atoms with Crippen LogP contribution >= 0.6 is 0 Å². The largest absolute Gasteiger partial charge is 0.330 e. The van der Waals surface area contributed by atoms with E-state index in [1.54, 1.807) is 11.1 Å². The van der Waals surface area contributed by atoms with Crippen LogP contribution in [0, 0.1) is 10.1 Å². The van der Waals surface area contributed by atoms with Gasteiger partial charge in [0.05, 0.1) is 6.20 Å². The van der Waals surface area contributed by atoms with Crippen molar-refractivity contribution in [2.75, 3.05) is 6.67 Å². The first kappa shape index (κ1) is 6.60. The van der Waals surface area contributed by atoms with Crippen LogP contribution in [0.1, 0.15) is 0 Å². The molecule has 0 aliphatic carbocycles. The quantitative estimate of drug-likeness (QED) is 0.411. The first-order chi connectivity index (χ1) is 4.74. The molecular formula is C5H7N3O2. The van der Waals surface area contributed by atoms with Crippen molar-refractivity contribution >= 4 is 0 Å². The summed E-state index contributed by atoms with van der Waals surface area (Å²) in [6.45, 7) is 3.71. The summed E-state index contributed by atoms with van der Waals surface area (Å²) < 4.78 is 0. The lowest BCUT2D eigenvalue weighted by Crippen LogP contribution is -2.26. The second kappa shape index (κ2) is 2.38. The summed E-state index contributed by atoms with van der Waals surface area (Å²) in [5.41, 5.74) is 0. The third-order valence-electron chi connectivity index (χ3n) is 1.18. The molecule has 0 aromatic rings. The van der Waals surface area contributed by atoms with Gasteiger partial charge in [0, 0.05) is 6.20 Å².